The van der Waals surface area contributed by atoms with Crippen molar-refractivity contribution in [3.63, 3.8) is 0 Å². The molecule has 1 aliphatic heterocycles. The Hall–Kier alpha value is -1.81. The zero-order valence-electron chi connectivity index (χ0n) is 19.0. The Morgan fingerprint density at radius 2 is 1.97 bits per heavy atom. The summed E-state index contributed by atoms with van der Waals surface area (Å²) in [5, 5.41) is 5.95. The molecule has 2 rings (SSSR count). The Kier molecular flexibility index (Phi) is 9.82. The Morgan fingerprint density at radius 3 is 2.62 bits per heavy atom. The molecule has 8 nitrogen and oxygen atoms in total. The van der Waals surface area contributed by atoms with Crippen molar-refractivity contribution >= 4 is 48.1 Å². The first-order chi connectivity index (χ1) is 15.0. The molecule has 1 aliphatic rings. The zero-order chi connectivity index (χ0) is 24.0. The third-order valence-electron chi connectivity index (χ3n) is 5.36. The van der Waals surface area contributed by atoms with E-state index in [1.165, 1.54) is 12.1 Å². The van der Waals surface area contributed by atoms with E-state index in [4.69, 9.17) is 32.5 Å². The van der Waals surface area contributed by atoms with Crippen molar-refractivity contribution in [1.82, 2.24) is 15.5 Å². The number of nitrogens with one attached hydrogen (secondary N) is 2. The molecule has 0 aromatic heterocycles. The van der Waals surface area contributed by atoms with Gasteiger partial charge in [0.05, 0.1) is 23.1 Å². The van der Waals surface area contributed by atoms with E-state index in [1.54, 1.807) is 13.0 Å². The highest BCUT2D eigenvalue weighted by molar-refractivity contribution is 6.49. The quantitative estimate of drug-likeness (QED) is 0.576. The Labute approximate surface area is 199 Å². The molecule has 176 valence electrons. The molecule has 2 N–H and O–H groups in total. The van der Waals surface area contributed by atoms with Crippen molar-refractivity contribution < 1.29 is 23.7 Å². The second kappa shape index (κ2) is 11.9. The summed E-state index contributed by atoms with van der Waals surface area (Å²) in [6.07, 6.45) is 0.524. The predicted octanol–water partition coefficient (Wildman–Crippen LogP) is 2.56. The van der Waals surface area contributed by atoms with Gasteiger partial charge in [-0.3, -0.25) is 19.3 Å². The van der Waals surface area contributed by atoms with Crippen molar-refractivity contribution in [2.45, 2.75) is 52.1 Å². The van der Waals surface area contributed by atoms with Crippen LogP contribution < -0.4 is 10.6 Å². The van der Waals surface area contributed by atoms with E-state index >= 15 is 0 Å². The zero-order valence-corrected chi connectivity index (χ0v) is 20.5. The predicted molar refractivity (Wildman–Crippen MR) is 125 cm³/mol. The topological polar surface area (TPSA) is 97.0 Å². The van der Waals surface area contributed by atoms with E-state index in [1.807, 2.05) is 32.7 Å². The number of likely N-dealkylation sites (N-methyl/N-ethyl adjacent to an activating group) is 1. The van der Waals surface area contributed by atoms with Crippen molar-refractivity contribution in [2.75, 3.05) is 20.2 Å². The van der Waals surface area contributed by atoms with Crippen molar-refractivity contribution in [3.8, 4) is 0 Å². The van der Waals surface area contributed by atoms with E-state index in [2.05, 4.69) is 10.6 Å². The van der Waals surface area contributed by atoms with Gasteiger partial charge in [-0.25, -0.2) is 0 Å². The molecule has 0 unspecified atom stereocenters. The minimum atomic E-state index is -0.925. The molecule has 0 radical (unpaired) electrons. The summed E-state index contributed by atoms with van der Waals surface area (Å²) >= 11 is 12.0. The number of rotatable bonds is 7. The monoisotopic (exact) mass is 485 g/mol. The highest BCUT2D eigenvalue weighted by atomic mass is 35.5. The first-order valence-electron chi connectivity index (χ1n) is 10.6. The lowest BCUT2D eigenvalue weighted by atomic mass is 9.73. The summed E-state index contributed by atoms with van der Waals surface area (Å²) in [6, 6.07) is 4.07. The van der Waals surface area contributed by atoms with Crippen molar-refractivity contribution in [1.29, 1.82) is 0 Å². The number of amides is 2. The number of carbonyl (C=O) groups is 3. The summed E-state index contributed by atoms with van der Waals surface area (Å²) < 4.78 is 11.4. The second-order valence-electron chi connectivity index (χ2n) is 8.44. The lowest BCUT2D eigenvalue weighted by Crippen LogP contribution is -2.57. The molecule has 1 heterocycles. The molecule has 1 saturated heterocycles. The fraction of sp³-hybridized carbons (Fsp3) is 0.571. The van der Waals surface area contributed by atoms with Crippen LogP contribution in [0.25, 0.3) is 0 Å². The van der Waals surface area contributed by atoms with E-state index in [0.29, 0.717) is 18.1 Å². The molecule has 0 aliphatic carbocycles. The van der Waals surface area contributed by atoms with Crippen LogP contribution in [0.5, 0.6) is 0 Å². The van der Waals surface area contributed by atoms with Crippen LogP contribution in [0.2, 0.25) is 10.0 Å². The Balaban J connectivity index is 2.04. The molecule has 32 heavy (non-hydrogen) atoms. The van der Waals surface area contributed by atoms with E-state index in [0.717, 1.165) is 0 Å². The summed E-state index contributed by atoms with van der Waals surface area (Å²) in [7, 11) is 0.910. The van der Waals surface area contributed by atoms with Gasteiger partial charge in [0.2, 0.25) is 5.91 Å². The molecule has 0 spiro atoms. The van der Waals surface area contributed by atoms with Gasteiger partial charge in [0.25, 0.3) is 5.91 Å². The smallest absolute Gasteiger partial charge is 0.507 e. The van der Waals surface area contributed by atoms with Gasteiger partial charge in [-0.15, -0.1) is 0 Å². The molecule has 11 heteroatoms. The van der Waals surface area contributed by atoms with E-state index < -0.39 is 36.9 Å². The SMILES string of the molecule is CC(C)C[C@H](NC(=O)CNC(=O)c1cc(Cl)ccc1Cl)B1OC[C@@H](C)N(C)[C@@H](C)C(=O)O1. The molecule has 0 saturated carbocycles. The van der Waals surface area contributed by atoms with Crippen LogP contribution in [0, 0.1) is 5.92 Å². The van der Waals surface area contributed by atoms with Gasteiger partial charge >= 0.3 is 13.1 Å². The van der Waals surface area contributed by atoms with Crippen LogP contribution in [0.15, 0.2) is 18.2 Å². The molecule has 1 fully saturated rings. The van der Waals surface area contributed by atoms with Gasteiger partial charge in [-0.1, -0.05) is 37.0 Å². The molecule has 1 aromatic carbocycles. The maximum Gasteiger partial charge on any atom is 0.551 e. The fourth-order valence-electron chi connectivity index (χ4n) is 3.28. The Morgan fingerprint density at radius 1 is 1.28 bits per heavy atom. The van der Waals surface area contributed by atoms with Gasteiger partial charge in [0.15, 0.2) is 0 Å². The standard InChI is InChI=1S/C21H30BCl2N3O5/c1-12(2)8-18(22-31-11-13(3)27(5)14(4)21(30)32-22)26-19(28)10-25-20(29)16-9-15(23)6-7-17(16)24/h6-7,9,12-14,18H,8,10-11H2,1-5H3,(H,25,29)(H,26,28)/t13-,14+,18+/m1/s1. The van der Waals surface area contributed by atoms with Crippen molar-refractivity contribution in [2.24, 2.45) is 5.92 Å². The first-order valence-corrected chi connectivity index (χ1v) is 11.3. The Bertz CT molecular complexity index is 842. The van der Waals surface area contributed by atoms with E-state index in [-0.39, 0.29) is 29.1 Å². The van der Waals surface area contributed by atoms with Gasteiger partial charge in [-0.05, 0) is 51.4 Å². The van der Waals surface area contributed by atoms with Crippen LogP contribution in [0.1, 0.15) is 44.5 Å². The maximum absolute atomic E-state index is 12.6. The number of halogens is 2. The largest absolute Gasteiger partial charge is 0.551 e. The molecule has 0 bridgehead atoms. The van der Waals surface area contributed by atoms with Gasteiger partial charge in [0.1, 0.15) is 6.04 Å². The van der Waals surface area contributed by atoms with Crippen LogP contribution in [-0.2, 0) is 18.9 Å². The summed E-state index contributed by atoms with van der Waals surface area (Å²) in [4.78, 5) is 39.4. The molecule has 3 atom stereocenters. The lowest BCUT2D eigenvalue weighted by Gasteiger charge is -2.35. The molecule has 1 aromatic rings. The highest BCUT2D eigenvalue weighted by Crippen LogP contribution is 2.20. The van der Waals surface area contributed by atoms with E-state index in [9.17, 15) is 14.4 Å². The van der Waals surface area contributed by atoms with Gasteiger partial charge in [-0.2, -0.15) is 0 Å². The normalized spacial score (nSPS) is 20.9. The van der Waals surface area contributed by atoms with Gasteiger partial charge < -0.3 is 19.9 Å². The minimum absolute atomic E-state index is 0.00233. The third-order valence-corrected chi connectivity index (χ3v) is 5.93. The lowest BCUT2D eigenvalue weighted by molar-refractivity contribution is -0.144. The fourth-order valence-corrected chi connectivity index (χ4v) is 3.65. The average molecular weight is 486 g/mol. The molecular formula is C21H30BCl2N3O5. The highest BCUT2D eigenvalue weighted by Gasteiger charge is 2.40. The summed E-state index contributed by atoms with van der Waals surface area (Å²) in [5.41, 5.74) is 0.176. The average Bonchev–Trinajstić information content (AvgIpc) is 2.73. The van der Waals surface area contributed by atoms with Crippen LogP contribution in [0.4, 0.5) is 0 Å². The second-order valence-corrected chi connectivity index (χ2v) is 9.28. The van der Waals surface area contributed by atoms with Gasteiger partial charge in [0, 0.05) is 17.7 Å². The minimum Gasteiger partial charge on any atom is -0.507 e. The maximum atomic E-state index is 12.6. The number of nitrogens with zero attached hydrogens (tertiary/aromatic N) is 1. The summed E-state index contributed by atoms with van der Waals surface area (Å²) in [6.45, 7) is 7.77. The summed E-state index contributed by atoms with van der Waals surface area (Å²) in [5.74, 6) is -1.75. The molecule has 2 amide bonds. The number of hydrogen-bond acceptors (Lipinski definition) is 6. The third kappa shape index (κ3) is 7.37. The van der Waals surface area contributed by atoms with Crippen molar-refractivity contribution in [3.05, 3.63) is 33.8 Å². The number of benzene rings is 1. The molecular weight excluding hydrogens is 456 g/mol. The first kappa shape index (κ1) is 26.4. The van der Waals surface area contributed by atoms with Crippen LogP contribution in [0.3, 0.4) is 0 Å². The van der Waals surface area contributed by atoms with Crippen LogP contribution in [-0.4, -0.2) is 68.0 Å². The van der Waals surface area contributed by atoms with Crippen LogP contribution >= 0.6 is 23.2 Å². The number of hydrogen-bond donors (Lipinski definition) is 2. The number of carbonyl (C=O) groups excluding carboxylic acids is 3.